The highest BCUT2D eigenvalue weighted by Gasteiger charge is 2.47. The maximum Gasteiger partial charge on any atom is 0.327 e. The van der Waals surface area contributed by atoms with E-state index in [0.717, 1.165) is 69.7 Å². The fourth-order valence-electron chi connectivity index (χ4n) is 5.73. The molecule has 1 aliphatic carbocycles. The lowest BCUT2D eigenvalue weighted by atomic mass is 9.78. The van der Waals surface area contributed by atoms with Crippen molar-refractivity contribution in [1.29, 1.82) is 0 Å². The van der Waals surface area contributed by atoms with Gasteiger partial charge in [-0.3, -0.25) is 9.79 Å². The Morgan fingerprint density at radius 2 is 2.10 bits per heavy atom. The Hall–Kier alpha value is -3.34. The molecule has 1 amide bonds. The van der Waals surface area contributed by atoms with Gasteiger partial charge in [-0.2, -0.15) is 0 Å². The van der Waals surface area contributed by atoms with Crippen LogP contribution in [0.15, 0.2) is 41.2 Å². The molecule has 0 bridgehead atoms. The van der Waals surface area contributed by atoms with Gasteiger partial charge in [-0.1, -0.05) is 12.6 Å². The minimum Gasteiger partial charge on any atom is -0.480 e. The predicted octanol–water partition coefficient (Wildman–Crippen LogP) is 3.39. The average Bonchev–Trinajstić information content (AvgIpc) is 2.93. The van der Waals surface area contributed by atoms with Gasteiger partial charge in [0.25, 0.3) is 0 Å². The zero-order valence-corrected chi connectivity index (χ0v) is 22.9. The number of rotatable bonds is 13. The van der Waals surface area contributed by atoms with Crippen LogP contribution in [0.2, 0.25) is 0 Å². The number of amides is 1. The molecule has 1 aromatic rings. The second kappa shape index (κ2) is 13.3. The first-order valence-electron chi connectivity index (χ1n) is 14.1. The molecule has 2 aliphatic heterocycles. The van der Waals surface area contributed by atoms with Crippen LogP contribution in [0.25, 0.3) is 0 Å². The summed E-state index contributed by atoms with van der Waals surface area (Å²) < 4.78 is 26.8. The van der Waals surface area contributed by atoms with Crippen molar-refractivity contribution in [2.45, 2.75) is 63.3 Å². The van der Waals surface area contributed by atoms with Gasteiger partial charge in [0, 0.05) is 44.1 Å². The molecule has 4 N–H and O–H groups in total. The smallest absolute Gasteiger partial charge is 0.327 e. The fraction of sp³-hybridized carbons (Fsp3) is 0.586. The van der Waals surface area contributed by atoms with Crippen LogP contribution in [-0.2, 0) is 22.4 Å². The number of nitrogens with one attached hydrogen (secondary N) is 3. The van der Waals surface area contributed by atoms with Crippen molar-refractivity contribution in [1.82, 2.24) is 20.5 Å². The number of pyridine rings is 1. The van der Waals surface area contributed by atoms with E-state index in [-0.39, 0.29) is 42.6 Å². The van der Waals surface area contributed by atoms with Gasteiger partial charge in [-0.05, 0) is 76.0 Å². The van der Waals surface area contributed by atoms with Crippen molar-refractivity contribution in [2.75, 3.05) is 38.0 Å². The lowest BCUT2D eigenvalue weighted by molar-refractivity contribution is -0.139. The summed E-state index contributed by atoms with van der Waals surface area (Å²) in [5, 5.41) is 18.7. The molecule has 0 radical (unpaired) electrons. The number of allylic oxidation sites excluding steroid dienone is 2. The Bertz CT molecular complexity index is 1130. The molecule has 2 fully saturated rings. The van der Waals surface area contributed by atoms with Crippen LogP contribution in [0, 0.1) is 11.8 Å². The largest absolute Gasteiger partial charge is 0.480 e. The Balaban J connectivity index is 1.25. The minimum absolute atomic E-state index is 0.161. The molecule has 218 valence electrons. The van der Waals surface area contributed by atoms with Gasteiger partial charge in [0.15, 0.2) is 0 Å². The van der Waals surface area contributed by atoms with Crippen molar-refractivity contribution in [3.63, 3.8) is 0 Å². The Labute approximate surface area is 234 Å². The molecule has 2 atom stereocenters. The van der Waals surface area contributed by atoms with E-state index in [1.807, 2.05) is 0 Å². The van der Waals surface area contributed by atoms with E-state index in [0.29, 0.717) is 6.54 Å². The number of aliphatic carboxylic acids is 1. The van der Waals surface area contributed by atoms with Gasteiger partial charge in [0.2, 0.25) is 11.8 Å². The number of aryl methyl sites for hydroxylation is 2. The lowest BCUT2D eigenvalue weighted by Crippen LogP contribution is -2.49. The number of carbonyl (C=O) groups excluding carboxylic acids is 1. The van der Waals surface area contributed by atoms with Crippen molar-refractivity contribution in [2.24, 2.45) is 16.8 Å². The molecular weight excluding hydrogens is 518 g/mol. The van der Waals surface area contributed by atoms with Gasteiger partial charge in [0.05, 0.1) is 17.3 Å². The summed E-state index contributed by atoms with van der Waals surface area (Å²) in [4.78, 5) is 35.8. The zero-order chi connectivity index (χ0) is 28.7. The first-order valence-corrected chi connectivity index (χ1v) is 14.1. The molecule has 11 heteroatoms. The summed E-state index contributed by atoms with van der Waals surface area (Å²) in [6.45, 7) is 10.3. The third-order valence-corrected chi connectivity index (χ3v) is 7.97. The standard InChI is InChI=1S/C29H40F2N6O3/c1-3-23(25(32-2)21-15-29(30,31)16-21)36-24(28(39)40)17-34-27(38)20-8-5-13-37(18-20)14-6-9-22-11-10-19-7-4-12-33-26(19)35-22/h3,10-11,20-21,24,36H,1-2,4-9,12-18H2,(H,33,35)(H,34,38)(H,39,40)/b25-23+. The normalized spacial score (nSPS) is 22.0. The van der Waals surface area contributed by atoms with Crippen LogP contribution in [-0.4, -0.2) is 78.3 Å². The van der Waals surface area contributed by atoms with E-state index in [1.54, 1.807) is 0 Å². The molecular formula is C29H40F2N6O3. The number of carboxylic acid groups (broad SMARTS) is 1. The number of likely N-dealkylation sites (tertiary alicyclic amines) is 1. The third kappa shape index (κ3) is 7.65. The Kier molecular flexibility index (Phi) is 9.89. The summed E-state index contributed by atoms with van der Waals surface area (Å²) in [5.74, 6) is -3.87. The minimum atomic E-state index is -2.75. The number of carbonyl (C=O) groups is 2. The molecule has 9 nitrogen and oxygen atoms in total. The van der Waals surface area contributed by atoms with Crippen LogP contribution in [0.4, 0.5) is 14.6 Å². The first kappa shape index (κ1) is 29.6. The van der Waals surface area contributed by atoms with Crippen molar-refractivity contribution < 1.29 is 23.5 Å². The molecule has 0 aromatic carbocycles. The monoisotopic (exact) mass is 558 g/mol. The summed E-state index contributed by atoms with van der Waals surface area (Å²) in [6.07, 6.45) is 6.26. The Morgan fingerprint density at radius 3 is 2.80 bits per heavy atom. The second-order valence-electron chi connectivity index (χ2n) is 11.0. The third-order valence-electron chi connectivity index (χ3n) is 7.97. The number of hydrogen-bond acceptors (Lipinski definition) is 7. The van der Waals surface area contributed by atoms with Gasteiger partial charge in [0.1, 0.15) is 11.9 Å². The number of halogens is 2. The molecule has 1 saturated carbocycles. The molecule has 4 rings (SSSR count). The van der Waals surface area contributed by atoms with E-state index in [1.165, 1.54) is 11.6 Å². The van der Waals surface area contributed by atoms with Crippen molar-refractivity contribution >= 4 is 24.4 Å². The highest BCUT2D eigenvalue weighted by Crippen LogP contribution is 2.46. The number of carboxylic acids is 1. The lowest BCUT2D eigenvalue weighted by Gasteiger charge is -2.36. The zero-order valence-electron chi connectivity index (χ0n) is 22.9. The number of piperidine rings is 1. The molecule has 3 heterocycles. The SMILES string of the molecule is C=C/C(NC(CNC(=O)C1CCCN(CCCc2ccc3c(n2)NCCC3)C1)C(=O)O)=C(\N=C)C1CC(F)(F)C1. The predicted molar refractivity (Wildman–Crippen MR) is 151 cm³/mol. The first-order chi connectivity index (χ1) is 19.2. The molecule has 1 saturated heterocycles. The van der Waals surface area contributed by atoms with E-state index in [2.05, 4.69) is 51.3 Å². The number of anilines is 1. The molecule has 1 aromatic heterocycles. The quantitative estimate of drug-likeness (QED) is 0.217. The molecule has 3 aliphatic rings. The molecule has 2 unspecified atom stereocenters. The topological polar surface area (TPSA) is 119 Å². The van der Waals surface area contributed by atoms with E-state index >= 15 is 0 Å². The second-order valence-corrected chi connectivity index (χ2v) is 11.0. The van der Waals surface area contributed by atoms with Crippen LogP contribution >= 0.6 is 0 Å². The number of fused-ring (bicyclic) bond motifs is 1. The summed E-state index contributed by atoms with van der Waals surface area (Å²) in [7, 11) is 0. The average molecular weight is 559 g/mol. The van der Waals surface area contributed by atoms with E-state index < -0.39 is 23.9 Å². The summed E-state index contributed by atoms with van der Waals surface area (Å²) in [6, 6.07) is 3.10. The number of alkyl halides is 2. The highest BCUT2D eigenvalue weighted by molar-refractivity contribution is 5.80. The molecule has 0 spiro atoms. The molecule has 40 heavy (non-hydrogen) atoms. The number of aromatic nitrogens is 1. The van der Waals surface area contributed by atoms with Gasteiger partial charge in [-0.25, -0.2) is 18.6 Å². The number of nitrogens with zero attached hydrogens (tertiary/aromatic N) is 3. The van der Waals surface area contributed by atoms with Gasteiger partial charge < -0.3 is 26.0 Å². The number of aliphatic imine (C=N–C) groups is 1. The van der Waals surface area contributed by atoms with E-state index in [4.69, 9.17) is 4.98 Å². The highest BCUT2D eigenvalue weighted by atomic mass is 19.3. The Morgan fingerprint density at radius 1 is 1.30 bits per heavy atom. The summed E-state index contributed by atoms with van der Waals surface area (Å²) in [5.41, 5.74) is 2.85. The van der Waals surface area contributed by atoms with Crippen molar-refractivity contribution in [3.8, 4) is 0 Å². The number of hydrogen-bond donors (Lipinski definition) is 4. The maximum atomic E-state index is 13.4. The van der Waals surface area contributed by atoms with Crippen molar-refractivity contribution in [3.05, 3.63) is 47.4 Å². The van der Waals surface area contributed by atoms with Crippen LogP contribution in [0.5, 0.6) is 0 Å². The van der Waals surface area contributed by atoms with Gasteiger partial charge >= 0.3 is 5.97 Å². The fourth-order valence-corrected chi connectivity index (χ4v) is 5.73. The van der Waals surface area contributed by atoms with Gasteiger partial charge in [-0.15, -0.1) is 0 Å². The van der Waals surface area contributed by atoms with Crippen LogP contribution in [0.1, 0.15) is 49.8 Å². The maximum absolute atomic E-state index is 13.4. The summed E-state index contributed by atoms with van der Waals surface area (Å²) >= 11 is 0. The van der Waals surface area contributed by atoms with E-state index in [9.17, 15) is 23.5 Å². The van der Waals surface area contributed by atoms with Crippen LogP contribution < -0.4 is 16.0 Å². The van der Waals surface area contributed by atoms with Crippen LogP contribution in [0.3, 0.4) is 0 Å².